The van der Waals surface area contributed by atoms with Gasteiger partial charge in [0.25, 0.3) is 0 Å². The van der Waals surface area contributed by atoms with Crippen LogP contribution in [0.4, 0.5) is 0 Å². The van der Waals surface area contributed by atoms with E-state index >= 15 is 0 Å². The monoisotopic (exact) mass is 144 g/mol. The van der Waals surface area contributed by atoms with Gasteiger partial charge in [0, 0.05) is 0 Å². The van der Waals surface area contributed by atoms with Crippen molar-refractivity contribution in [2.45, 2.75) is 26.1 Å². The van der Waals surface area contributed by atoms with Crippen LogP contribution in [0.5, 0.6) is 0 Å². The van der Waals surface area contributed by atoms with Crippen LogP contribution in [0.1, 0.15) is 13.8 Å². The second-order valence-electron chi connectivity index (χ2n) is 2.40. The van der Waals surface area contributed by atoms with Gasteiger partial charge in [-0.15, -0.1) is 0 Å². The Morgan fingerprint density at radius 2 is 2.20 bits per heavy atom. The molecule has 60 valence electrons. The summed E-state index contributed by atoms with van der Waals surface area (Å²) in [5.74, 6) is 0. The number of nitrogens with one attached hydrogen (secondary N) is 1. The third-order valence-corrected chi connectivity index (χ3v) is 1.92. The SMILES string of the molecule is CC.CN1C2COCNC21. The minimum Gasteiger partial charge on any atom is -0.365 e. The fourth-order valence-corrected chi connectivity index (χ4v) is 1.22. The Kier molecular flexibility index (Phi) is 2.65. The van der Waals surface area contributed by atoms with E-state index in [0.717, 1.165) is 13.3 Å². The van der Waals surface area contributed by atoms with E-state index in [1.807, 2.05) is 13.8 Å². The Bertz CT molecular complexity index is 95.8. The quantitative estimate of drug-likeness (QED) is 0.492. The van der Waals surface area contributed by atoms with Crippen LogP contribution in [0.2, 0.25) is 0 Å². The van der Waals surface area contributed by atoms with Gasteiger partial charge in [-0.3, -0.25) is 10.2 Å². The van der Waals surface area contributed by atoms with Crippen molar-refractivity contribution in [3.05, 3.63) is 0 Å². The van der Waals surface area contributed by atoms with Crippen LogP contribution in [0, 0.1) is 0 Å². The molecule has 2 aliphatic heterocycles. The van der Waals surface area contributed by atoms with Gasteiger partial charge < -0.3 is 4.74 Å². The molecule has 2 rings (SSSR count). The van der Waals surface area contributed by atoms with Crippen LogP contribution in [0.25, 0.3) is 0 Å². The highest BCUT2D eigenvalue weighted by Gasteiger charge is 2.46. The fourth-order valence-electron chi connectivity index (χ4n) is 1.22. The Hall–Kier alpha value is -0.120. The van der Waals surface area contributed by atoms with E-state index in [0.29, 0.717) is 12.2 Å². The molecule has 3 unspecified atom stereocenters. The molecule has 3 atom stereocenters. The molecule has 2 fully saturated rings. The summed E-state index contributed by atoms with van der Waals surface area (Å²) < 4.78 is 5.14. The van der Waals surface area contributed by atoms with E-state index in [9.17, 15) is 0 Å². The molecule has 0 aliphatic carbocycles. The van der Waals surface area contributed by atoms with E-state index < -0.39 is 0 Å². The highest BCUT2D eigenvalue weighted by Crippen LogP contribution is 2.24. The molecule has 3 heteroatoms. The minimum atomic E-state index is 0.628. The third kappa shape index (κ3) is 1.31. The zero-order valence-corrected chi connectivity index (χ0v) is 6.92. The van der Waals surface area contributed by atoms with Crippen molar-refractivity contribution >= 4 is 0 Å². The maximum absolute atomic E-state index is 5.14. The first kappa shape index (κ1) is 7.98. The Morgan fingerprint density at radius 1 is 1.50 bits per heavy atom. The summed E-state index contributed by atoms with van der Waals surface area (Å²) in [6.45, 7) is 5.64. The maximum Gasteiger partial charge on any atom is 0.0978 e. The number of fused-ring (bicyclic) bond motifs is 1. The van der Waals surface area contributed by atoms with Crippen LogP contribution in [-0.4, -0.2) is 37.5 Å². The van der Waals surface area contributed by atoms with Gasteiger partial charge in [-0.2, -0.15) is 0 Å². The topological polar surface area (TPSA) is 24.3 Å². The van der Waals surface area contributed by atoms with Gasteiger partial charge in [-0.05, 0) is 7.05 Å². The molecule has 0 saturated carbocycles. The van der Waals surface area contributed by atoms with Crippen LogP contribution < -0.4 is 5.32 Å². The molecule has 10 heavy (non-hydrogen) atoms. The van der Waals surface area contributed by atoms with Gasteiger partial charge in [0.2, 0.25) is 0 Å². The number of ether oxygens (including phenoxy) is 1. The lowest BCUT2D eigenvalue weighted by atomic mass is 10.4. The van der Waals surface area contributed by atoms with E-state index in [1.54, 1.807) is 0 Å². The van der Waals surface area contributed by atoms with Gasteiger partial charge in [-0.1, -0.05) is 13.8 Å². The van der Waals surface area contributed by atoms with Crippen molar-refractivity contribution in [3.63, 3.8) is 0 Å². The second kappa shape index (κ2) is 3.32. The lowest BCUT2D eigenvalue weighted by molar-refractivity contribution is 0.0939. The van der Waals surface area contributed by atoms with Crippen molar-refractivity contribution in [1.82, 2.24) is 10.2 Å². The average Bonchev–Trinajstić information content (AvgIpc) is 2.68. The molecule has 3 nitrogen and oxygen atoms in total. The van der Waals surface area contributed by atoms with Crippen molar-refractivity contribution in [2.75, 3.05) is 20.4 Å². The molecule has 0 amide bonds. The maximum atomic E-state index is 5.14. The highest BCUT2D eigenvalue weighted by atomic mass is 16.5. The van der Waals surface area contributed by atoms with Crippen molar-refractivity contribution in [1.29, 1.82) is 0 Å². The summed E-state index contributed by atoms with van der Waals surface area (Å²) in [6.07, 6.45) is 0.628. The third-order valence-electron chi connectivity index (χ3n) is 1.92. The molecule has 2 aliphatic rings. The van der Waals surface area contributed by atoms with Crippen molar-refractivity contribution in [3.8, 4) is 0 Å². The Balaban J connectivity index is 0.000000231. The van der Waals surface area contributed by atoms with Crippen molar-refractivity contribution in [2.24, 2.45) is 0 Å². The van der Waals surface area contributed by atoms with Crippen LogP contribution in [0.3, 0.4) is 0 Å². The van der Waals surface area contributed by atoms with E-state index in [1.165, 1.54) is 0 Å². The lowest BCUT2D eigenvalue weighted by Gasteiger charge is -2.07. The molecule has 1 N–H and O–H groups in total. The van der Waals surface area contributed by atoms with Gasteiger partial charge in [0.1, 0.15) is 0 Å². The minimum absolute atomic E-state index is 0.628. The van der Waals surface area contributed by atoms with Gasteiger partial charge in [-0.25, -0.2) is 0 Å². The zero-order chi connectivity index (χ0) is 7.56. The molecule has 0 bridgehead atoms. The molecule has 0 aromatic heterocycles. The van der Waals surface area contributed by atoms with E-state index in [2.05, 4.69) is 17.3 Å². The van der Waals surface area contributed by atoms with Crippen molar-refractivity contribution < 1.29 is 4.74 Å². The molecule has 0 radical (unpaired) electrons. The zero-order valence-electron chi connectivity index (χ0n) is 6.92. The number of nitrogens with zero attached hydrogens (tertiary/aromatic N) is 1. The van der Waals surface area contributed by atoms with Crippen LogP contribution in [-0.2, 0) is 4.74 Å². The van der Waals surface area contributed by atoms with E-state index in [-0.39, 0.29) is 0 Å². The predicted molar refractivity (Wildman–Crippen MR) is 40.6 cm³/mol. The first-order valence-electron chi connectivity index (χ1n) is 3.92. The van der Waals surface area contributed by atoms with Crippen LogP contribution >= 0.6 is 0 Å². The fraction of sp³-hybridized carbons (Fsp3) is 1.00. The number of hydrogen-bond donors (Lipinski definition) is 1. The molecular weight excluding hydrogens is 128 g/mol. The molecule has 0 aromatic rings. The molecular formula is C7H16N2O. The average molecular weight is 144 g/mol. The summed E-state index contributed by atoms with van der Waals surface area (Å²) >= 11 is 0. The Labute approximate surface area is 62.3 Å². The van der Waals surface area contributed by atoms with E-state index in [4.69, 9.17) is 4.74 Å². The van der Waals surface area contributed by atoms with Gasteiger partial charge in [0.05, 0.1) is 25.5 Å². The first-order valence-corrected chi connectivity index (χ1v) is 3.92. The summed E-state index contributed by atoms with van der Waals surface area (Å²) in [5.41, 5.74) is 0. The summed E-state index contributed by atoms with van der Waals surface area (Å²) in [7, 11) is 2.11. The predicted octanol–water partition coefficient (Wildman–Crippen LogP) is 0.230. The molecule has 2 saturated heterocycles. The smallest absolute Gasteiger partial charge is 0.0978 e. The molecule has 0 aromatic carbocycles. The molecule has 2 heterocycles. The number of hydrogen-bond acceptors (Lipinski definition) is 3. The molecule has 0 spiro atoms. The standard InChI is InChI=1S/C5H10N2O.C2H6/c1-7-4-2-8-3-6-5(4)7;1-2/h4-6H,2-3H2,1H3;1-2H3. The normalized spacial score (nSPS) is 42.9. The lowest BCUT2D eigenvalue weighted by Crippen LogP contribution is -2.30. The second-order valence-corrected chi connectivity index (χ2v) is 2.40. The summed E-state index contributed by atoms with van der Waals surface area (Å²) in [4.78, 5) is 2.27. The largest absolute Gasteiger partial charge is 0.365 e. The first-order chi connectivity index (χ1) is 4.89. The Morgan fingerprint density at radius 3 is 2.60 bits per heavy atom. The summed E-state index contributed by atoms with van der Waals surface area (Å²) in [5, 5.41) is 3.21. The van der Waals surface area contributed by atoms with Gasteiger partial charge in [0.15, 0.2) is 0 Å². The highest BCUT2D eigenvalue weighted by molar-refractivity contribution is 4.98. The summed E-state index contributed by atoms with van der Waals surface area (Å²) in [6, 6.07) is 0.670. The number of likely N-dealkylation sites (N-methyl/N-ethyl adjacent to an activating group) is 1. The number of rotatable bonds is 0. The van der Waals surface area contributed by atoms with Gasteiger partial charge >= 0.3 is 0 Å². The van der Waals surface area contributed by atoms with Crippen LogP contribution in [0.15, 0.2) is 0 Å².